The molecule has 0 spiro atoms. The minimum atomic E-state index is -0.808. The van der Waals surface area contributed by atoms with Crippen molar-refractivity contribution in [3.63, 3.8) is 0 Å². The summed E-state index contributed by atoms with van der Waals surface area (Å²) in [4.78, 5) is 28.2. The van der Waals surface area contributed by atoms with Crippen molar-refractivity contribution in [3.05, 3.63) is 94.3 Å². The fraction of sp³-hybridized carbons (Fsp3) is 0.219. The first kappa shape index (κ1) is 26.7. The number of hydrogen-bond acceptors (Lipinski definition) is 5. The van der Waals surface area contributed by atoms with Crippen LogP contribution >= 0.6 is 11.6 Å². The maximum absolute atomic E-state index is 12.8. The van der Waals surface area contributed by atoms with Crippen molar-refractivity contribution in [3.8, 4) is 22.5 Å². The summed E-state index contributed by atoms with van der Waals surface area (Å²) in [5, 5.41) is 18.2. The third kappa shape index (κ3) is 4.74. The van der Waals surface area contributed by atoms with Crippen molar-refractivity contribution in [2.45, 2.75) is 45.1 Å². The molecule has 0 bridgehead atoms. The van der Waals surface area contributed by atoms with E-state index in [9.17, 15) is 14.7 Å². The van der Waals surface area contributed by atoms with E-state index in [4.69, 9.17) is 20.9 Å². The van der Waals surface area contributed by atoms with E-state index in [1.807, 2.05) is 61.5 Å². The van der Waals surface area contributed by atoms with Gasteiger partial charge >= 0.3 is 12.1 Å². The molecule has 1 aliphatic rings. The Morgan fingerprint density at radius 1 is 1.07 bits per heavy atom. The average molecular weight is 570 g/mol. The van der Waals surface area contributed by atoms with Crippen molar-refractivity contribution in [2.75, 3.05) is 5.32 Å². The van der Waals surface area contributed by atoms with Crippen LogP contribution in [-0.2, 0) is 14.9 Å². The average Bonchev–Trinajstić information content (AvgIpc) is 3.55. The SMILES string of the molecule is Cc1cc2c(-c3ccc(-c4onc(C)c4NC(=O)OC(C)c4ccccc4Cl)cc3)ccc(C3(C(=O)O)CC3)c2[nH]1. The number of halogens is 1. The predicted molar refractivity (Wildman–Crippen MR) is 157 cm³/mol. The summed E-state index contributed by atoms with van der Waals surface area (Å²) in [6.07, 6.45) is 0.0743. The zero-order chi connectivity index (χ0) is 28.9. The van der Waals surface area contributed by atoms with Gasteiger partial charge in [-0.25, -0.2) is 4.79 Å². The number of aromatic amines is 1. The molecule has 208 valence electrons. The number of anilines is 1. The standard InChI is InChI=1S/C32H28ClN3O5/c1-17-16-24-23(12-13-25(28(24)34-17)32(14-15-32)30(37)38)20-8-10-21(11-9-20)29-27(18(2)36-41-29)35-31(39)40-19(3)22-6-4-5-7-26(22)33/h4-13,16,19,34H,14-15H2,1-3H3,(H,35,39)(H,37,38). The number of amides is 1. The summed E-state index contributed by atoms with van der Waals surface area (Å²) < 4.78 is 11.2. The zero-order valence-electron chi connectivity index (χ0n) is 22.7. The van der Waals surface area contributed by atoms with Gasteiger partial charge in [0, 0.05) is 27.2 Å². The van der Waals surface area contributed by atoms with Crippen LogP contribution in [0.5, 0.6) is 0 Å². The van der Waals surface area contributed by atoms with Crippen LogP contribution in [0.4, 0.5) is 10.5 Å². The van der Waals surface area contributed by atoms with Crippen LogP contribution < -0.4 is 5.32 Å². The Labute approximate surface area is 241 Å². The topological polar surface area (TPSA) is 117 Å². The number of nitrogens with one attached hydrogen (secondary N) is 2. The molecule has 41 heavy (non-hydrogen) atoms. The number of aromatic nitrogens is 2. The smallest absolute Gasteiger partial charge is 0.412 e. The molecule has 5 aromatic rings. The summed E-state index contributed by atoms with van der Waals surface area (Å²) in [5.41, 5.74) is 6.18. The molecule has 1 saturated carbocycles. The van der Waals surface area contributed by atoms with Gasteiger partial charge in [0.1, 0.15) is 17.5 Å². The number of H-pyrrole nitrogens is 1. The monoisotopic (exact) mass is 569 g/mol. The molecule has 3 N–H and O–H groups in total. The van der Waals surface area contributed by atoms with Crippen molar-refractivity contribution in [1.29, 1.82) is 0 Å². The minimum absolute atomic E-state index is 0.409. The van der Waals surface area contributed by atoms with E-state index in [1.54, 1.807) is 19.9 Å². The van der Waals surface area contributed by atoms with Crippen molar-refractivity contribution in [1.82, 2.24) is 10.1 Å². The molecule has 1 fully saturated rings. The highest BCUT2D eigenvalue weighted by Crippen LogP contribution is 2.51. The number of carbonyl (C=O) groups excluding carboxylic acids is 1. The summed E-state index contributed by atoms with van der Waals surface area (Å²) in [7, 11) is 0. The Balaban J connectivity index is 1.26. The molecule has 0 radical (unpaired) electrons. The van der Waals surface area contributed by atoms with Crippen LogP contribution in [0.1, 0.15) is 48.4 Å². The Morgan fingerprint density at radius 2 is 1.78 bits per heavy atom. The molecule has 1 aliphatic carbocycles. The summed E-state index contributed by atoms with van der Waals surface area (Å²) in [6, 6.07) is 20.9. The third-order valence-corrected chi connectivity index (χ3v) is 8.12. The number of fused-ring (bicyclic) bond motifs is 1. The molecule has 0 saturated heterocycles. The second kappa shape index (κ2) is 10.1. The first-order valence-electron chi connectivity index (χ1n) is 13.3. The van der Waals surface area contributed by atoms with E-state index in [2.05, 4.69) is 21.5 Å². The lowest BCUT2D eigenvalue weighted by atomic mass is 9.90. The van der Waals surface area contributed by atoms with Gasteiger partial charge in [-0.1, -0.05) is 71.4 Å². The van der Waals surface area contributed by atoms with Gasteiger partial charge in [-0.3, -0.25) is 10.1 Å². The maximum atomic E-state index is 12.8. The van der Waals surface area contributed by atoms with Gasteiger partial charge in [0.2, 0.25) is 0 Å². The highest BCUT2D eigenvalue weighted by atomic mass is 35.5. The van der Waals surface area contributed by atoms with Crippen LogP contribution in [0.15, 0.2) is 71.3 Å². The second-order valence-corrected chi connectivity index (χ2v) is 10.9. The lowest BCUT2D eigenvalue weighted by Gasteiger charge is -2.15. The molecule has 1 atom stereocenters. The van der Waals surface area contributed by atoms with E-state index in [1.165, 1.54) is 0 Å². The minimum Gasteiger partial charge on any atom is -0.481 e. The molecule has 1 unspecified atom stereocenters. The second-order valence-electron chi connectivity index (χ2n) is 10.5. The maximum Gasteiger partial charge on any atom is 0.412 e. The Kier molecular flexibility index (Phi) is 6.58. The number of carboxylic acids is 1. The number of rotatable bonds is 7. The van der Waals surface area contributed by atoms with Gasteiger partial charge in [0.25, 0.3) is 0 Å². The largest absolute Gasteiger partial charge is 0.481 e. The van der Waals surface area contributed by atoms with E-state index >= 15 is 0 Å². The molecular weight excluding hydrogens is 542 g/mol. The van der Waals surface area contributed by atoms with Crippen molar-refractivity contribution in [2.24, 2.45) is 0 Å². The molecule has 1 amide bonds. The van der Waals surface area contributed by atoms with Gasteiger partial charge in [-0.2, -0.15) is 0 Å². The van der Waals surface area contributed by atoms with Gasteiger partial charge < -0.3 is 19.4 Å². The number of hydrogen-bond donors (Lipinski definition) is 3. The number of ether oxygens (including phenoxy) is 1. The lowest BCUT2D eigenvalue weighted by Crippen LogP contribution is -2.19. The van der Waals surface area contributed by atoms with Gasteiger partial charge in [-0.15, -0.1) is 0 Å². The number of nitrogens with zero attached hydrogens (tertiary/aromatic N) is 1. The fourth-order valence-electron chi connectivity index (χ4n) is 5.40. The molecule has 2 aromatic heterocycles. The van der Waals surface area contributed by atoms with Gasteiger partial charge in [0.05, 0.1) is 10.9 Å². The van der Waals surface area contributed by atoms with Crippen LogP contribution in [0.25, 0.3) is 33.4 Å². The fourth-order valence-corrected chi connectivity index (χ4v) is 5.69. The van der Waals surface area contributed by atoms with E-state index in [0.29, 0.717) is 40.6 Å². The number of carboxylic acid groups (broad SMARTS) is 1. The zero-order valence-corrected chi connectivity index (χ0v) is 23.5. The van der Waals surface area contributed by atoms with Gasteiger partial charge in [-0.05, 0) is 62.4 Å². The van der Waals surface area contributed by atoms with E-state index in [-0.39, 0.29) is 0 Å². The van der Waals surface area contributed by atoms with Crippen LogP contribution in [-0.4, -0.2) is 27.3 Å². The molecule has 3 aromatic carbocycles. The predicted octanol–water partition coefficient (Wildman–Crippen LogP) is 8.19. The third-order valence-electron chi connectivity index (χ3n) is 7.78. The Bertz CT molecular complexity index is 1800. The molecule has 6 rings (SSSR count). The number of aliphatic carboxylic acids is 1. The van der Waals surface area contributed by atoms with Crippen LogP contribution in [0, 0.1) is 13.8 Å². The number of carbonyl (C=O) groups is 2. The number of benzene rings is 3. The Hall–Kier alpha value is -4.56. The van der Waals surface area contributed by atoms with Gasteiger partial charge in [0.15, 0.2) is 5.76 Å². The summed E-state index contributed by atoms with van der Waals surface area (Å²) in [6.45, 7) is 5.46. The summed E-state index contributed by atoms with van der Waals surface area (Å²) >= 11 is 6.25. The highest BCUT2D eigenvalue weighted by Gasteiger charge is 2.52. The summed E-state index contributed by atoms with van der Waals surface area (Å²) in [5.74, 6) is -0.372. The Morgan fingerprint density at radius 3 is 2.46 bits per heavy atom. The number of aryl methyl sites for hydroxylation is 2. The molecule has 9 heteroatoms. The lowest BCUT2D eigenvalue weighted by molar-refractivity contribution is -0.140. The molecule has 2 heterocycles. The molecule has 8 nitrogen and oxygen atoms in total. The van der Waals surface area contributed by atoms with E-state index in [0.717, 1.165) is 38.9 Å². The quantitative estimate of drug-likeness (QED) is 0.182. The normalized spacial score (nSPS) is 14.5. The van der Waals surface area contributed by atoms with E-state index < -0.39 is 23.6 Å². The molecule has 0 aliphatic heterocycles. The van der Waals surface area contributed by atoms with Crippen molar-refractivity contribution >= 4 is 40.3 Å². The van der Waals surface area contributed by atoms with Crippen LogP contribution in [0.3, 0.4) is 0 Å². The van der Waals surface area contributed by atoms with Crippen molar-refractivity contribution < 1.29 is 24.0 Å². The molecular formula is C32H28ClN3O5. The first-order valence-corrected chi connectivity index (χ1v) is 13.7. The van der Waals surface area contributed by atoms with Crippen LogP contribution in [0.2, 0.25) is 5.02 Å². The first-order chi connectivity index (χ1) is 19.7. The highest BCUT2D eigenvalue weighted by molar-refractivity contribution is 6.31.